The second kappa shape index (κ2) is 8.19. The van der Waals surface area contributed by atoms with E-state index >= 15 is 0 Å². The number of benzene rings is 1. The van der Waals surface area contributed by atoms with Crippen LogP contribution in [0.5, 0.6) is 0 Å². The summed E-state index contributed by atoms with van der Waals surface area (Å²) in [6, 6.07) is 10.9. The summed E-state index contributed by atoms with van der Waals surface area (Å²) in [4.78, 5) is 0. The van der Waals surface area contributed by atoms with Crippen molar-refractivity contribution < 1.29 is 0 Å². The van der Waals surface area contributed by atoms with Crippen LogP contribution in [0.4, 0.5) is 0 Å². The molecule has 4 heteroatoms. The van der Waals surface area contributed by atoms with Crippen molar-refractivity contribution >= 4 is 34.5 Å². The molecule has 2 aromatic rings. The maximum Gasteiger partial charge on any atom is 0.0995 e. The van der Waals surface area contributed by atoms with Crippen LogP contribution in [-0.4, -0.2) is 6.54 Å². The van der Waals surface area contributed by atoms with Crippen LogP contribution in [0.3, 0.4) is 0 Å². The molecule has 0 spiro atoms. The fourth-order valence-electron chi connectivity index (χ4n) is 2.42. The van der Waals surface area contributed by atoms with Gasteiger partial charge in [0.25, 0.3) is 0 Å². The van der Waals surface area contributed by atoms with Crippen LogP contribution in [0.15, 0.2) is 30.3 Å². The second-order valence-electron chi connectivity index (χ2n) is 5.12. The molecule has 0 amide bonds. The topological polar surface area (TPSA) is 12.0 Å². The Morgan fingerprint density at radius 3 is 2.38 bits per heavy atom. The number of thiophene rings is 1. The maximum atomic E-state index is 6.32. The van der Waals surface area contributed by atoms with Crippen molar-refractivity contribution in [1.82, 2.24) is 5.32 Å². The first kappa shape index (κ1) is 16.8. The van der Waals surface area contributed by atoms with Gasteiger partial charge in [-0.2, -0.15) is 0 Å². The molecule has 1 unspecified atom stereocenters. The largest absolute Gasteiger partial charge is 0.306 e. The van der Waals surface area contributed by atoms with Gasteiger partial charge in [-0.25, -0.2) is 0 Å². The van der Waals surface area contributed by atoms with E-state index in [1.54, 1.807) is 0 Å². The third-order valence-corrected chi connectivity index (χ3v) is 5.05. The van der Waals surface area contributed by atoms with Crippen LogP contribution in [-0.2, 0) is 6.42 Å². The molecule has 1 nitrogen and oxygen atoms in total. The van der Waals surface area contributed by atoms with Gasteiger partial charge in [-0.1, -0.05) is 67.7 Å². The molecule has 0 radical (unpaired) electrons. The fraction of sp³-hybridized carbons (Fsp3) is 0.412. The van der Waals surface area contributed by atoms with Crippen LogP contribution in [0.1, 0.15) is 49.4 Å². The minimum atomic E-state index is 0.103. The molecule has 1 N–H and O–H groups in total. The molecule has 1 aromatic heterocycles. The van der Waals surface area contributed by atoms with Crippen molar-refractivity contribution in [2.45, 2.75) is 39.2 Å². The first-order valence-electron chi connectivity index (χ1n) is 7.42. The highest BCUT2D eigenvalue weighted by atomic mass is 35.5. The zero-order chi connectivity index (χ0) is 15.2. The third kappa shape index (κ3) is 4.46. The van der Waals surface area contributed by atoms with Crippen molar-refractivity contribution in [2.75, 3.05) is 6.54 Å². The summed E-state index contributed by atoms with van der Waals surface area (Å²) >= 11 is 13.8. The van der Waals surface area contributed by atoms with Crippen molar-refractivity contribution in [3.05, 3.63) is 55.7 Å². The van der Waals surface area contributed by atoms with E-state index in [0.29, 0.717) is 0 Å². The predicted octanol–water partition coefficient (Wildman–Crippen LogP) is 6.10. The van der Waals surface area contributed by atoms with Gasteiger partial charge < -0.3 is 5.32 Å². The Kier molecular flexibility index (Phi) is 6.56. The van der Waals surface area contributed by atoms with Crippen LogP contribution >= 0.6 is 34.5 Å². The lowest BCUT2D eigenvalue weighted by molar-refractivity contribution is 0.632. The number of hydrogen-bond donors (Lipinski definition) is 1. The Labute approximate surface area is 141 Å². The SMILES string of the molecule is CCCCc1ccc(C(NCC)c2cc(Cl)sc2Cl)cc1. The van der Waals surface area contributed by atoms with Gasteiger partial charge in [0.05, 0.1) is 14.7 Å². The monoisotopic (exact) mass is 341 g/mol. The molecule has 114 valence electrons. The minimum Gasteiger partial charge on any atom is -0.306 e. The zero-order valence-corrected chi connectivity index (χ0v) is 14.8. The molecule has 0 saturated heterocycles. The predicted molar refractivity (Wildman–Crippen MR) is 94.9 cm³/mol. The van der Waals surface area contributed by atoms with Crippen LogP contribution < -0.4 is 5.32 Å². The molecule has 1 heterocycles. The standard InChI is InChI=1S/C17H21Cl2NS/c1-3-5-6-12-7-9-13(10-8-12)16(20-4-2)14-11-15(18)21-17(14)19/h7-11,16,20H,3-6H2,1-2H3. The minimum absolute atomic E-state index is 0.103. The Hall–Kier alpha value is -0.540. The van der Waals surface area contributed by atoms with Gasteiger partial charge in [0.1, 0.15) is 0 Å². The van der Waals surface area contributed by atoms with Gasteiger partial charge in [-0.15, -0.1) is 11.3 Å². The number of nitrogens with one attached hydrogen (secondary N) is 1. The molecule has 1 atom stereocenters. The molecule has 0 aliphatic carbocycles. The highest BCUT2D eigenvalue weighted by molar-refractivity contribution is 7.20. The smallest absolute Gasteiger partial charge is 0.0995 e. The highest BCUT2D eigenvalue weighted by Gasteiger charge is 2.18. The lowest BCUT2D eigenvalue weighted by Crippen LogP contribution is -2.21. The van der Waals surface area contributed by atoms with Gasteiger partial charge in [0.15, 0.2) is 0 Å². The molecule has 0 aliphatic rings. The summed E-state index contributed by atoms with van der Waals surface area (Å²) in [6.45, 7) is 5.20. The lowest BCUT2D eigenvalue weighted by Gasteiger charge is -2.18. The van der Waals surface area contributed by atoms with E-state index in [9.17, 15) is 0 Å². The third-order valence-electron chi connectivity index (χ3n) is 3.53. The van der Waals surface area contributed by atoms with Crippen molar-refractivity contribution in [3.8, 4) is 0 Å². The Balaban J connectivity index is 2.24. The molecule has 2 rings (SSSR count). The summed E-state index contributed by atoms with van der Waals surface area (Å²) in [5.74, 6) is 0. The van der Waals surface area contributed by atoms with E-state index in [0.717, 1.165) is 27.2 Å². The maximum absolute atomic E-state index is 6.32. The van der Waals surface area contributed by atoms with E-state index in [1.165, 1.54) is 35.3 Å². The fourth-order valence-corrected chi connectivity index (χ4v) is 3.95. The van der Waals surface area contributed by atoms with Crippen LogP contribution in [0.25, 0.3) is 0 Å². The van der Waals surface area contributed by atoms with E-state index in [4.69, 9.17) is 23.2 Å². The Morgan fingerprint density at radius 1 is 1.14 bits per heavy atom. The number of hydrogen-bond acceptors (Lipinski definition) is 2. The second-order valence-corrected chi connectivity index (χ2v) is 7.40. The van der Waals surface area contributed by atoms with Gasteiger partial charge in [0.2, 0.25) is 0 Å². The van der Waals surface area contributed by atoms with Gasteiger partial charge in [0, 0.05) is 5.56 Å². The van der Waals surface area contributed by atoms with Crippen LogP contribution in [0.2, 0.25) is 8.67 Å². The summed E-state index contributed by atoms with van der Waals surface area (Å²) in [7, 11) is 0. The molecule has 0 bridgehead atoms. The number of unbranched alkanes of at least 4 members (excludes halogenated alkanes) is 1. The van der Waals surface area contributed by atoms with E-state index in [2.05, 4.69) is 43.4 Å². The molecular formula is C17H21Cl2NS. The zero-order valence-electron chi connectivity index (χ0n) is 12.5. The quantitative estimate of drug-likeness (QED) is 0.641. The van der Waals surface area contributed by atoms with Crippen molar-refractivity contribution in [2.24, 2.45) is 0 Å². The normalized spacial score (nSPS) is 12.6. The average molecular weight is 342 g/mol. The van der Waals surface area contributed by atoms with E-state index < -0.39 is 0 Å². The molecule has 0 fully saturated rings. The number of halogens is 2. The van der Waals surface area contributed by atoms with E-state index in [1.807, 2.05) is 6.07 Å². The number of aryl methyl sites for hydroxylation is 1. The lowest BCUT2D eigenvalue weighted by atomic mass is 9.98. The highest BCUT2D eigenvalue weighted by Crippen LogP contribution is 2.37. The molecule has 0 aliphatic heterocycles. The van der Waals surface area contributed by atoms with E-state index in [-0.39, 0.29) is 6.04 Å². The number of rotatable bonds is 7. The Morgan fingerprint density at radius 2 is 1.86 bits per heavy atom. The average Bonchev–Trinajstić information content (AvgIpc) is 2.82. The van der Waals surface area contributed by atoms with Gasteiger partial charge in [-0.3, -0.25) is 0 Å². The molecule has 1 aromatic carbocycles. The van der Waals surface area contributed by atoms with Gasteiger partial charge >= 0.3 is 0 Å². The first-order valence-corrected chi connectivity index (χ1v) is 8.99. The van der Waals surface area contributed by atoms with Gasteiger partial charge in [-0.05, 0) is 36.6 Å². The van der Waals surface area contributed by atoms with Crippen molar-refractivity contribution in [3.63, 3.8) is 0 Å². The summed E-state index contributed by atoms with van der Waals surface area (Å²) in [5, 5.41) is 3.50. The summed E-state index contributed by atoms with van der Waals surface area (Å²) in [6.07, 6.45) is 3.61. The van der Waals surface area contributed by atoms with Crippen LogP contribution in [0, 0.1) is 0 Å². The Bertz CT molecular complexity index is 563. The molecule has 0 saturated carbocycles. The molecular weight excluding hydrogens is 321 g/mol. The summed E-state index contributed by atoms with van der Waals surface area (Å²) in [5.41, 5.74) is 3.69. The van der Waals surface area contributed by atoms with Crippen molar-refractivity contribution in [1.29, 1.82) is 0 Å². The molecule has 21 heavy (non-hydrogen) atoms. The first-order chi connectivity index (χ1) is 10.2. The summed E-state index contributed by atoms with van der Waals surface area (Å²) < 4.78 is 1.50.